The van der Waals surface area contributed by atoms with Crippen LogP contribution in [0.3, 0.4) is 0 Å². The van der Waals surface area contributed by atoms with Gasteiger partial charge in [0.2, 0.25) is 5.99 Å². The van der Waals surface area contributed by atoms with Gasteiger partial charge in [0, 0.05) is 0 Å². The van der Waals surface area contributed by atoms with Crippen molar-refractivity contribution in [3.05, 3.63) is 0 Å². The largest absolute Gasteiger partial charge is 0.213 e. The Morgan fingerprint density at radius 3 is 2.10 bits per heavy atom. The summed E-state index contributed by atoms with van der Waals surface area (Å²) in [6, 6.07) is 0. The van der Waals surface area contributed by atoms with Gasteiger partial charge in [-0.2, -0.15) is 0 Å². The van der Waals surface area contributed by atoms with Crippen molar-refractivity contribution >= 4 is 17.6 Å². The molecule has 1 aliphatic heterocycles. The van der Waals surface area contributed by atoms with E-state index in [-0.39, 0.29) is 0 Å². The van der Waals surface area contributed by atoms with Gasteiger partial charge in [0.1, 0.15) is 0 Å². The highest BCUT2D eigenvalue weighted by Crippen LogP contribution is 2.33. The minimum Gasteiger partial charge on any atom is -0.213 e. The van der Waals surface area contributed by atoms with E-state index in [2.05, 4.69) is 31.7 Å². The average molecular weight is 156 g/mol. The van der Waals surface area contributed by atoms with Gasteiger partial charge in [0.05, 0.1) is 0 Å². The summed E-state index contributed by atoms with van der Waals surface area (Å²) >= 11 is 2.05. The molecule has 1 aliphatic rings. The second-order valence-corrected chi connectivity index (χ2v) is 4.91. The van der Waals surface area contributed by atoms with E-state index < -0.39 is 0 Å². The Morgan fingerprint density at radius 2 is 1.70 bits per heavy atom. The van der Waals surface area contributed by atoms with Gasteiger partial charge in [-0.25, -0.2) is 11.6 Å². The van der Waals surface area contributed by atoms with Crippen molar-refractivity contribution in [3.63, 3.8) is 0 Å². The Kier molecular flexibility index (Phi) is 3.15. The first kappa shape index (κ1) is 8.51. The molecule has 0 aliphatic carbocycles. The molecule has 0 bridgehead atoms. The van der Waals surface area contributed by atoms with Crippen LogP contribution in [0.5, 0.6) is 0 Å². The smallest absolute Gasteiger partial charge is 0.209 e. The molecule has 0 amide bonds. The van der Waals surface area contributed by atoms with E-state index in [0.717, 1.165) is 17.8 Å². The highest BCUT2D eigenvalue weighted by molar-refractivity contribution is 8.25. The van der Waals surface area contributed by atoms with Crippen molar-refractivity contribution in [2.75, 3.05) is 6.26 Å². The first-order valence-electron chi connectivity index (χ1n) is 4.25. The average Bonchev–Trinajstić information content (AvgIpc) is 1.85. The quantitative estimate of drug-likeness (QED) is 0.526. The fourth-order valence-corrected chi connectivity index (χ4v) is 3.11. The predicted octanol–water partition coefficient (Wildman–Crippen LogP) is 3.02. The van der Waals surface area contributed by atoms with E-state index in [9.17, 15) is 0 Å². The first-order chi connectivity index (χ1) is 4.72. The summed E-state index contributed by atoms with van der Waals surface area (Å²) in [7, 11) is 0. The minimum atomic E-state index is 0.957. The molecule has 2 unspecified atom stereocenters. The van der Waals surface area contributed by atoms with Crippen molar-refractivity contribution < 1.29 is 0 Å². The Labute approximate surface area is 69.1 Å². The maximum Gasteiger partial charge on any atom is 0.209 e. The third-order valence-electron chi connectivity index (χ3n) is 2.47. The fourth-order valence-electron chi connectivity index (χ4n) is 2.07. The molecule has 2 heteroatoms. The van der Waals surface area contributed by atoms with Crippen LogP contribution in [0.1, 0.15) is 20.3 Å². The lowest BCUT2D eigenvalue weighted by atomic mass is 9.55. The predicted molar refractivity (Wildman–Crippen MR) is 51.8 cm³/mol. The molecule has 0 radical (unpaired) electrons. The van der Waals surface area contributed by atoms with Crippen molar-refractivity contribution in [2.45, 2.75) is 32.9 Å². The lowest BCUT2D eigenvalue weighted by Crippen LogP contribution is -2.23. The van der Waals surface area contributed by atoms with Crippen molar-refractivity contribution in [1.29, 1.82) is 0 Å². The highest BCUT2D eigenvalue weighted by Gasteiger charge is 2.25. The molecule has 1 heterocycles. The van der Waals surface area contributed by atoms with Crippen molar-refractivity contribution in [2.24, 2.45) is 11.8 Å². The third-order valence-corrected chi connectivity index (χ3v) is 3.52. The molecule has 0 aromatic carbocycles. The van der Waals surface area contributed by atoms with Gasteiger partial charge >= 0.3 is 0 Å². The molecule has 58 valence electrons. The van der Waals surface area contributed by atoms with Gasteiger partial charge in [-0.1, -0.05) is 26.5 Å². The molecular weight excluding hydrogens is 139 g/mol. The maximum atomic E-state index is 2.39. The van der Waals surface area contributed by atoms with Gasteiger partial charge in [-0.15, -0.1) is 0 Å². The summed E-state index contributed by atoms with van der Waals surface area (Å²) in [6.07, 6.45) is 6.60. The monoisotopic (exact) mass is 156 g/mol. The van der Waals surface area contributed by atoms with E-state index in [1.54, 1.807) is 0 Å². The van der Waals surface area contributed by atoms with Crippen LogP contribution in [0.15, 0.2) is 0 Å². The molecule has 0 spiro atoms. The Bertz CT molecular complexity index is 95.4. The molecule has 0 saturated carbocycles. The van der Waals surface area contributed by atoms with Gasteiger partial charge in [0.15, 0.2) is 0 Å². The van der Waals surface area contributed by atoms with Crippen LogP contribution in [0.25, 0.3) is 0 Å². The number of hydrogen-bond acceptors (Lipinski definition) is 1. The SMILES string of the molecule is CSB1CC(C)CC(C)C1. The van der Waals surface area contributed by atoms with Gasteiger partial charge in [-0.05, 0) is 24.5 Å². The molecule has 0 N–H and O–H groups in total. The number of rotatable bonds is 1. The normalized spacial score (nSPS) is 34.5. The van der Waals surface area contributed by atoms with Crippen LogP contribution in [0.2, 0.25) is 12.6 Å². The summed E-state index contributed by atoms with van der Waals surface area (Å²) in [6.45, 7) is 4.78. The standard InChI is InChI=1S/C8H17BS/c1-7-4-8(2)6-9(5-7)10-3/h7-8H,4-6H2,1-3H3. The zero-order chi connectivity index (χ0) is 7.56. The fraction of sp³-hybridized carbons (Fsp3) is 1.00. The van der Waals surface area contributed by atoms with E-state index in [4.69, 9.17) is 0 Å². The lowest BCUT2D eigenvalue weighted by molar-refractivity contribution is 0.443. The van der Waals surface area contributed by atoms with E-state index in [1.807, 2.05) is 0 Å². The van der Waals surface area contributed by atoms with Gasteiger partial charge in [-0.3, -0.25) is 0 Å². The van der Waals surface area contributed by atoms with E-state index in [1.165, 1.54) is 19.1 Å². The van der Waals surface area contributed by atoms with Crippen molar-refractivity contribution in [3.8, 4) is 0 Å². The van der Waals surface area contributed by atoms with Crippen LogP contribution in [-0.4, -0.2) is 12.2 Å². The van der Waals surface area contributed by atoms with Gasteiger partial charge in [0.25, 0.3) is 0 Å². The molecule has 1 rings (SSSR count). The molecule has 10 heavy (non-hydrogen) atoms. The topological polar surface area (TPSA) is 0 Å². The molecule has 0 nitrogen and oxygen atoms in total. The molecular formula is C8H17BS. The first-order valence-corrected chi connectivity index (χ1v) is 5.54. The van der Waals surface area contributed by atoms with Crippen LogP contribution >= 0.6 is 11.6 Å². The highest BCUT2D eigenvalue weighted by atomic mass is 32.2. The summed E-state index contributed by atoms with van der Waals surface area (Å²) in [5, 5.41) is 0. The molecule has 0 aromatic heterocycles. The minimum absolute atomic E-state index is 0.957. The number of hydrogen-bond donors (Lipinski definition) is 0. The third kappa shape index (κ3) is 2.23. The van der Waals surface area contributed by atoms with Crippen molar-refractivity contribution in [1.82, 2.24) is 0 Å². The molecule has 1 saturated heterocycles. The Balaban J connectivity index is 2.35. The Hall–Kier alpha value is 0.415. The molecule has 0 aromatic rings. The summed E-state index contributed by atoms with van der Waals surface area (Å²) in [4.78, 5) is 0. The summed E-state index contributed by atoms with van der Waals surface area (Å²) < 4.78 is 0. The second kappa shape index (κ2) is 3.70. The zero-order valence-electron chi connectivity index (χ0n) is 7.26. The molecule has 1 fully saturated rings. The Morgan fingerprint density at radius 1 is 1.20 bits per heavy atom. The summed E-state index contributed by atoms with van der Waals surface area (Å²) in [5.41, 5.74) is 0. The van der Waals surface area contributed by atoms with Gasteiger partial charge < -0.3 is 0 Å². The van der Waals surface area contributed by atoms with Crippen LogP contribution < -0.4 is 0 Å². The molecule has 2 atom stereocenters. The van der Waals surface area contributed by atoms with E-state index >= 15 is 0 Å². The van der Waals surface area contributed by atoms with Crippen LogP contribution in [-0.2, 0) is 0 Å². The zero-order valence-corrected chi connectivity index (χ0v) is 8.08. The van der Waals surface area contributed by atoms with Crippen LogP contribution in [0, 0.1) is 11.8 Å². The lowest BCUT2D eigenvalue weighted by Gasteiger charge is -2.27. The maximum absolute atomic E-state index is 2.39. The second-order valence-electron chi connectivity index (χ2n) is 3.78. The van der Waals surface area contributed by atoms with Crippen LogP contribution in [0.4, 0.5) is 0 Å². The summed E-state index contributed by atoms with van der Waals surface area (Å²) in [5.74, 6) is 2.90. The van der Waals surface area contributed by atoms with E-state index in [0.29, 0.717) is 0 Å².